The first-order chi connectivity index (χ1) is 7.00. The van der Waals surface area contributed by atoms with Gasteiger partial charge in [0.25, 0.3) is 0 Å². The average molecular weight is 203 g/mol. The van der Waals surface area contributed by atoms with Gasteiger partial charge in [-0.3, -0.25) is 4.68 Å². The average Bonchev–Trinajstić information content (AvgIpc) is 2.68. The summed E-state index contributed by atoms with van der Waals surface area (Å²) in [6.45, 7) is 6.61. The molecule has 0 aliphatic carbocycles. The highest BCUT2D eigenvalue weighted by Crippen LogP contribution is 2.31. The fourth-order valence-electron chi connectivity index (χ4n) is 2.02. The van der Waals surface area contributed by atoms with Crippen LogP contribution in [0.25, 0.3) is 11.3 Å². The Bertz CT molecular complexity index is 444. The Labute approximate surface area is 90.1 Å². The van der Waals surface area contributed by atoms with Gasteiger partial charge in [-0.2, -0.15) is 5.10 Å². The van der Waals surface area contributed by atoms with Crippen LogP contribution in [-0.2, 0) is 12.5 Å². The van der Waals surface area contributed by atoms with E-state index in [9.17, 15) is 0 Å². The molecule has 3 nitrogen and oxygen atoms in total. The maximum atomic E-state index is 4.34. The van der Waals surface area contributed by atoms with Crippen LogP contribution in [0.1, 0.15) is 26.5 Å². The summed E-state index contributed by atoms with van der Waals surface area (Å²) >= 11 is 0. The number of aryl methyl sites for hydroxylation is 1. The second kappa shape index (κ2) is 3.26. The number of hydrogen-bond donors (Lipinski definition) is 1. The lowest BCUT2D eigenvalue weighted by atomic mass is 9.88. The third kappa shape index (κ3) is 1.69. The van der Waals surface area contributed by atoms with Crippen molar-refractivity contribution in [2.45, 2.75) is 26.2 Å². The van der Waals surface area contributed by atoms with Gasteiger partial charge >= 0.3 is 0 Å². The van der Waals surface area contributed by atoms with E-state index in [-0.39, 0.29) is 5.41 Å². The molecule has 0 amide bonds. The molecule has 0 bridgehead atoms. The van der Waals surface area contributed by atoms with Crippen molar-refractivity contribution < 1.29 is 0 Å². The summed E-state index contributed by atoms with van der Waals surface area (Å²) in [6, 6.07) is 4.08. The van der Waals surface area contributed by atoms with Crippen molar-refractivity contribution in [2.24, 2.45) is 7.05 Å². The first-order valence-corrected chi connectivity index (χ1v) is 5.16. The largest absolute Gasteiger partial charge is 0.361 e. The summed E-state index contributed by atoms with van der Waals surface area (Å²) < 4.78 is 1.95. The quantitative estimate of drug-likeness (QED) is 0.759. The van der Waals surface area contributed by atoms with Gasteiger partial charge < -0.3 is 4.98 Å². The van der Waals surface area contributed by atoms with Crippen LogP contribution >= 0.6 is 0 Å². The molecule has 3 heteroatoms. The molecule has 0 aliphatic rings. The minimum atomic E-state index is 0.103. The van der Waals surface area contributed by atoms with Crippen molar-refractivity contribution in [3.63, 3.8) is 0 Å². The van der Waals surface area contributed by atoms with Crippen LogP contribution in [0.15, 0.2) is 24.5 Å². The lowest BCUT2D eigenvalue weighted by Gasteiger charge is -2.20. The lowest BCUT2D eigenvalue weighted by Crippen LogP contribution is -2.17. The van der Waals surface area contributed by atoms with E-state index in [1.165, 1.54) is 11.3 Å². The predicted octanol–water partition coefficient (Wildman–Crippen LogP) is 2.71. The zero-order valence-electron chi connectivity index (χ0n) is 9.70. The van der Waals surface area contributed by atoms with Crippen LogP contribution in [0, 0.1) is 0 Å². The van der Waals surface area contributed by atoms with Crippen LogP contribution in [0.3, 0.4) is 0 Å². The molecular weight excluding hydrogens is 186 g/mol. The highest BCUT2D eigenvalue weighted by atomic mass is 15.3. The highest BCUT2D eigenvalue weighted by Gasteiger charge is 2.23. The van der Waals surface area contributed by atoms with Crippen molar-refractivity contribution in [2.75, 3.05) is 0 Å². The van der Waals surface area contributed by atoms with Gasteiger partial charge in [0.2, 0.25) is 0 Å². The number of hydrogen-bond acceptors (Lipinski definition) is 1. The van der Waals surface area contributed by atoms with Crippen molar-refractivity contribution in [1.82, 2.24) is 14.8 Å². The van der Waals surface area contributed by atoms with Gasteiger partial charge in [0.15, 0.2) is 0 Å². The van der Waals surface area contributed by atoms with Gasteiger partial charge in [-0.05, 0) is 12.1 Å². The normalized spacial score (nSPS) is 12.0. The molecule has 0 radical (unpaired) electrons. The van der Waals surface area contributed by atoms with Crippen LogP contribution < -0.4 is 0 Å². The van der Waals surface area contributed by atoms with E-state index in [0.29, 0.717) is 0 Å². The molecule has 0 fully saturated rings. The van der Waals surface area contributed by atoms with Crippen LogP contribution in [0.5, 0.6) is 0 Å². The minimum absolute atomic E-state index is 0.103. The fraction of sp³-hybridized carbons (Fsp3) is 0.417. The minimum Gasteiger partial charge on any atom is -0.361 e. The maximum absolute atomic E-state index is 4.34. The molecule has 0 aliphatic heterocycles. The summed E-state index contributed by atoms with van der Waals surface area (Å²) in [5.41, 5.74) is 3.68. The molecule has 0 saturated heterocycles. The standard InChI is InChI=1S/C12H17N3/c1-12(2,3)11-9(8-14-15(11)4)10-6-5-7-13-10/h5-8,13H,1-4H3. The molecule has 2 heterocycles. The smallest absolute Gasteiger partial charge is 0.0586 e. The third-order valence-electron chi connectivity index (χ3n) is 2.54. The first kappa shape index (κ1) is 10.0. The molecule has 0 saturated carbocycles. The molecule has 0 atom stereocenters. The van der Waals surface area contributed by atoms with Gasteiger partial charge in [0, 0.05) is 29.9 Å². The summed E-state index contributed by atoms with van der Waals surface area (Å²) in [7, 11) is 1.99. The monoisotopic (exact) mass is 203 g/mol. The Morgan fingerprint density at radius 2 is 2.07 bits per heavy atom. The van der Waals surface area contributed by atoms with Crippen molar-refractivity contribution in [3.05, 3.63) is 30.2 Å². The van der Waals surface area contributed by atoms with Gasteiger partial charge in [-0.1, -0.05) is 20.8 Å². The zero-order chi connectivity index (χ0) is 11.1. The van der Waals surface area contributed by atoms with Gasteiger partial charge in [-0.15, -0.1) is 0 Å². The van der Waals surface area contributed by atoms with E-state index in [1.807, 2.05) is 30.2 Å². The van der Waals surface area contributed by atoms with E-state index in [4.69, 9.17) is 0 Å². The Morgan fingerprint density at radius 1 is 1.33 bits per heavy atom. The number of rotatable bonds is 1. The molecule has 2 aromatic heterocycles. The van der Waals surface area contributed by atoms with Gasteiger partial charge in [0.05, 0.1) is 11.9 Å². The molecule has 2 rings (SSSR count). The number of nitrogens with one attached hydrogen (secondary N) is 1. The van der Waals surface area contributed by atoms with Crippen molar-refractivity contribution in [1.29, 1.82) is 0 Å². The first-order valence-electron chi connectivity index (χ1n) is 5.16. The second-order valence-electron chi connectivity index (χ2n) is 4.86. The van der Waals surface area contributed by atoms with Crippen molar-refractivity contribution in [3.8, 4) is 11.3 Å². The van der Waals surface area contributed by atoms with E-state index in [2.05, 4.69) is 36.9 Å². The summed E-state index contributed by atoms with van der Waals surface area (Å²) in [5.74, 6) is 0. The number of H-pyrrole nitrogens is 1. The molecule has 0 aromatic carbocycles. The van der Waals surface area contributed by atoms with E-state index in [0.717, 1.165) is 5.69 Å². The summed E-state index contributed by atoms with van der Waals surface area (Å²) in [4.78, 5) is 3.23. The SMILES string of the molecule is Cn1ncc(-c2ccc[nH]2)c1C(C)(C)C. The molecule has 0 spiro atoms. The maximum Gasteiger partial charge on any atom is 0.0586 e. The molecule has 0 unspecified atom stereocenters. The second-order valence-corrected chi connectivity index (χ2v) is 4.86. The third-order valence-corrected chi connectivity index (χ3v) is 2.54. The van der Waals surface area contributed by atoms with Gasteiger partial charge in [-0.25, -0.2) is 0 Å². The molecule has 15 heavy (non-hydrogen) atoms. The Kier molecular flexibility index (Phi) is 2.18. The topological polar surface area (TPSA) is 33.6 Å². The molecule has 80 valence electrons. The Hall–Kier alpha value is -1.51. The molecule has 2 aromatic rings. The predicted molar refractivity (Wildman–Crippen MR) is 61.7 cm³/mol. The van der Waals surface area contributed by atoms with E-state index >= 15 is 0 Å². The molecular formula is C12H17N3. The Morgan fingerprint density at radius 3 is 2.60 bits per heavy atom. The van der Waals surface area contributed by atoms with E-state index < -0.39 is 0 Å². The number of aromatic amines is 1. The van der Waals surface area contributed by atoms with E-state index in [1.54, 1.807) is 0 Å². The number of nitrogens with zero attached hydrogens (tertiary/aromatic N) is 2. The summed E-state index contributed by atoms with van der Waals surface area (Å²) in [6.07, 6.45) is 3.86. The molecule has 1 N–H and O–H groups in total. The highest BCUT2D eigenvalue weighted by molar-refractivity contribution is 5.62. The van der Waals surface area contributed by atoms with Crippen LogP contribution in [0.2, 0.25) is 0 Å². The summed E-state index contributed by atoms with van der Waals surface area (Å²) in [5, 5.41) is 4.34. The number of aromatic nitrogens is 3. The lowest BCUT2D eigenvalue weighted by molar-refractivity contribution is 0.524. The van der Waals surface area contributed by atoms with Crippen molar-refractivity contribution >= 4 is 0 Å². The zero-order valence-corrected chi connectivity index (χ0v) is 9.70. The Balaban J connectivity index is 2.59. The fourth-order valence-corrected chi connectivity index (χ4v) is 2.02. The van der Waals surface area contributed by atoms with Crippen LogP contribution in [0.4, 0.5) is 0 Å². The van der Waals surface area contributed by atoms with Gasteiger partial charge in [0.1, 0.15) is 0 Å². The van der Waals surface area contributed by atoms with Crippen LogP contribution in [-0.4, -0.2) is 14.8 Å².